The fourth-order valence-electron chi connectivity index (χ4n) is 3.05. The zero-order valence-corrected chi connectivity index (χ0v) is 15.4. The van der Waals surface area contributed by atoms with Crippen LogP contribution in [0, 0.1) is 0 Å². The molecule has 0 aliphatic carbocycles. The normalized spacial score (nSPS) is 10.6. The van der Waals surface area contributed by atoms with E-state index < -0.39 is 0 Å². The average Bonchev–Trinajstić information content (AvgIpc) is 2.50. The van der Waals surface area contributed by atoms with Gasteiger partial charge in [0, 0.05) is 0 Å². The molecule has 0 radical (unpaired) electrons. The minimum absolute atomic E-state index is 0. The minimum atomic E-state index is 0. The van der Waals surface area contributed by atoms with Gasteiger partial charge in [-0.2, -0.15) is 0 Å². The van der Waals surface area contributed by atoms with Crippen molar-refractivity contribution in [3.05, 3.63) is 0 Å². The monoisotopic (exact) mass is 317 g/mol. The fourth-order valence-corrected chi connectivity index (χ4v) is 3.05. The first-order chi connectivity index (χ1) is 10.4. The Morgan fingerprint density at radius 3 is 0.864 bits per heavy atom. The van der Waals surface area contributed by atoms with Crippen LogP contribution in [-0.2, 0) is 0 Å². The number of rotatable bonds is 18. The molecule has 0 aliphatic heterocycles. The quantitative estimate of drug-likeness (QED) is 0.267. The van der Waals surface area contributed by atoms with Crippen molar-refractivity contribution in [3.63, 3.8) is 0 Å². The van der Waals surface area contributed by atoms with Crippen molar-refractivity contribution in [2.45, 2.75) is 122 Å². The molecule has 2 heteroatoms. The van der Waals surface area contributed by atoms with Gasteiger partial charge in [-0.25, -0.2) is 0 Å². The predicted octanol–water partition coefficient (Wildman–Crippen LogP) is 7.14. The van der Waals surface area contributed by atoms with E-state index in [2.05, 4.69) is 6.92 Å². The molecule has 0 saturated heterocycles. The standard InChI is InChI=1S/C20H43N.FH/c1-2-3-4-5-6-7-8-9-10-11-12-13-14-15-16-17-18-19-20-21;/h2-21H2,1H3;1H. The van der Waals surface area contributed by atoms with Crippen LogP contribution < -0.4 is 5.73 Å². The van der Waals surface area contributed by atoms with Crippen molar-refractivity contribution in [2.24, 2.45) is 5.73 Å². The smallest absolute Gasteiger partial charge is 0.00773 e. The highest BCUT2D eigenvalue weighted by molar-refractivity contribution is 4.50. The Morgan fingerprint density at radius 1 is 0.409 bits per heavy atom. The predicted molar refractivity (Wildman–Crippen MR) is 100 cm³/mol. The van der Waals surface area contributed by atoms with Crippen LogP contribution in [0.15, 0.2) is 0 Å². The summed E-state index contributed by atoms with van der Waals surface area (Å²) in [5.74, 6) is 0. The summed E-state index contributed by atoms with van der Waals surface area (Å²) in [5.41, 5.74) is 5.49. The molecule has 0 aromatic carbocycles. The SMILES string of the molecule is CCCCCCCCCCCCCCCCCCCCN.F. The summed E-state index contributed by atoms with van der Waals surface area (Å²) in [6.45, 7) is 3.17. The van der Waals surface area contributed by atoms with Gasteiger partial charge in [0.2, 0.25) is 0 Å². The Kier molecular flexibility index (Phi) is 25.4. The van der Waals surface area contributed by atoms with E-state index in [1.54, 1.807) is 0 Å². The second-order valence-corrected chi connectivity index (χ2v) is 6.80. The maximum Gasteiger partial charge on any atom is -0.00773 e. The first kappa shape index (κ1) is 24.1. The van der Waals surface area contributed by atoms with Crippen LogP contribution in [-0.4, -0.2) is 6.54 Å². The van der Waals surface area contributed by atoms with Crippen LogP contribution >= 0.6 is 0 Å². The Hall–Kier alpha value is -0.110. The van der Waals surface area contributed by atoms with Crippen molar-refractivity contribution >= 4 is 0 Å². The first-order valence-electron chi connectivity index (χ1n) is 10.1. The summed E-state index contributed by atoms with van der Waals surface area (Å²) < 4.78 is 0. The third kappa shape index (κ3) is 22.2. The maximum atomic E-state index is 5.49. The molecule has 0 aliphatic rings. The van der Waals surface area contributed by atoms with E-state index in [0.29, 0.717) is 0 Å². The Bertz CT molecular complexity index is 155. The van der Waals surface area contributed by atoms with E-state index in [0.717, 1.165) is 6.54 Å². The van der Waals surface area contributed by atoms with E-state index in [9.17, 15) is 0 Å². The molecule has 0 aromatic heterocycles. The summed E-state index contributed by atoms with van der Waals surface area (Å²) in [6.07, 6.45) is 25.8. The molecule has 2 N–H and O–H groups in total. The van der Waals surface area contributed by atoms with Gasteiger partial charge in [-0.1, -0.05) is 116 Å². The van der Waals surface area contributed by atoms with Crippen LogP contribution in [0.4, 0.5) is 4.70 Å². The molecule has 0 bridgehead atoms. The van der Waals surface area contributed by atoms with Crippen LogP contribution in [0.3, 0.4) is 0 Å². The van der Waals surface area contributed by atoms with E-state index in [-0.39, 0.29) is 4.70 Å². The van der Waals surface area contributed by atoms with Gasteiger partial charge in [0.1, 0.15) is 0 Å². The Labute approximate surface area is 140 Å². The van der Waals surface area contributed by atoms with Gasteiger partial charge in [0.15, 0.2) is 0 Å². The Balaban J connectivity index is 0. The summed E-state index contributed by atoms with van der Waals surface area (Å²) in [5, 5.41) is 0. The topological polar surface area (TPSA) is 26.0 Å². The summed E-state index contributed by atoms with van der Waals surface area (Å²) >= 11 is 0. The van der Waals surface area contributed by atoms with E-state index in [4.69, 9.17) is 5.73 Å². The molecule has 0 fully saturated rings. The first-order valence-corrected chi connectivity index (χ1v) is 10.1. The van der Waals surface area contributed by atoms with Gasteiger partial charge in [-0.15, -0.1) is 0 Å². The molecule has 0 rings (SSSR count). The third-order valence-corrected chi connectivity index (χ3v) is 4.56. The average molecular weight is 318 g/mol. The highest BCUT2D eigenvalue weighted by atomic mass is 19.0. The number of hydrogen-bond acceptors (Lipinski definition) is 1. The third-order valence-electron chi connectivity index (χ3n) is 4.56. The van der Waals surface area contributed by atoms with E-state index >= 15 is 0 Å². The molecule has 0 spiro atoms. The molecule has 0 aromatic rings. The number of hydrogen-bond donors (Lipinski definition) is 1. The van der Waals surface area contributed by atoms with Gasteiger partial charge in [-0.3, -0.25) is 4.70 Å². The van der Waals surface area contributed by atoms with Gasteiger partial charge < -0.3 is 5.73 Å². The zero-order chi connectivity index (χ0) is 15.4. The molecular weight excluding hydrogens is 273 g/mol. The highest BCUT2D eigenvalue weighted by Gasteiger charge is 1.94. The second kappa shape index (κ2) is 23.2. The second-order valence-electron chi connectivity index (χ2n) is 6.80. The van der Waals surface area contributed by atoms with Crippen LogP contribution in [0.2, 0.25) is 0 Å². The van der Waals surface area contributed by atoms with Crippen molar-refractivity contribution in [1.29, 1.82) is 0 Å². The van der Waals surface area contributed by atoms with Gasteiger partial charge in [0.25, 0.3) is 0 Å². The highest BCUT2D eigenvalue weighted by Crippen LogP contribution is 2.14. The molecular formula is C20H44FN. The van der Waals surface area contributed by atoms with Crippen molar-refractivity contribution in [2.75, 3.05) is 6.54 Å². The van der Waals surface area contributed by atoms with Crippen LogP contribution in [0.25, 0.3) is 0 Å². The lowest BCUT2D eigenvalue weighted by atomic mass is 10.0. The molecule has 1 nitrogen and oxygen atoms in total. The van der Waals surface area contributed by atoms with Crippen molar-refractivity contribution in [1.82, 2.24) is 0 Å². The van der Waals surface area contributed by atoms with E-state index in [1.807, 2.05) is 0 Å². The molecule has 0 amide bonds. The summed E-state index contributed by atoms with van der Waals surface area (Å²) in [4.78, 5) is 0. The Morgan fingerprint density at radius 2 is 0.636 bits per heavy atom. The summed E-state index contributed by atoms with van der Waals surface area (Å²) in [7, 11) is 0. The molecule has 136 valence electrons. The van der Waals surface area contributed by atoms with Crippen LogP contribution in [0.1, 0.15) is 122 Å². The largest absolute Gasteiger partial charge is 0.330 e. The lowest BCUT2D eigenvalue weighted by molar-refractivity contribution is 0.525. The zero-order valence-electron chi connectivity index (χ0n) is 15.4. The van der Waals surface area contributed by atoms with Gasteiger partial charge in [-0.05, 0) is 13.0 Å². The minimum Gasteiger partial charge on any atom is -0.330 e. The van der Waals surface area contributed by atoms with Crippen molar-refractivity contribution in [3.8, 4) is 0 Å². The maximum absolute atomic E-state index is 5.49. The van der Waals surface area contributed by atoms with Crippen LogP contribution in [0.5, 0.6) is 0 Å². The lowest BCUT2D eigenvalue weighted by Gasteiger charge is -2.03. The number of nitrogens with two attached hydrogens (primary N) is 1. The lowest BCUT2D eigenvalue weighted by Crippen LogP contribution is -1.97. The molecule has 0 heterocycles. The summed E-state index contributed by atoms with van der Waals surface area (Å²) in [6, 6.07) is 0. The molecule has 0 atom stereocenters. The molecule has 22 heavy (non-hydrogen) atoms. The number of halogens is 1. The molecule has 0 unspecified atom stereocenters. The van der Waals surface area contributed by atoms with Gasteiger partial charge >= 0.3 is 0 Å². The van der Waals surface area contributed by atoms with Gasteiger partial charge in [0.05, 0.1) is 0 Å². The molecule has 0 saturated carbocycles. The van der Waals surface area contributed by atoms with Crippen molar-refractivity contribution < 1.29 is 4.70 Å². The fraction of sp³-hybridized carbons (Fsp3) is 1.00. The number of unbranched alkanes of at least 4 members (excludes halogenated alkanes) is 17. The van der Waals surface area contributed by atoms with E-state index in [1.165, 1.54) is 116 Å².